The zero-order chi connectivity index (χ0) is 20.2. The van der Waals surface area contributed by atoms with Gasteiger partial charge >= 0.3 is 0 Å². The third-order valence-corrected chi connectivity index (χ3v) is 6.07. The molecule has 1 N–H and O–H groups in total. The van der Waals surface area contributed by atoms with Gasteiger partial charge in [0, 0.05) is 17.5 Å². The Hall–Kier alpha value is -2.91. The van der Waals surface area contributed by atoms with Gasteiger partial charge in [-0.15, -0.1) is 21.5 Å². The molecule has 148 valence electrons. The molecule has 29 heavy (non-hydrogen) atoms. The van der Waals surface area contributed by atoms with Crippen LogP contribution in [0, 0.1) is 0 Å². The van der Waals surface area contributed by atoms with Crippen molar-refractivity contribution < 1.29 is 9.21 Å². The van der Waals surface area contributed by atoms with E-state index in [2.05, 4.69) is 20.5 Å². The Balaban J connectivity index is 1.44. The highest BCUT2D eigenvalue weighted by molar-refractivity contribution is 8.00. The highest BCUT2D eigenvalue weighted by atomic mass is 32.2. The van der Waals surface area contributed by atoms with Crippen LogP contribution in [0.15, 0.2) is 63.7 Å². The number of furan rings is 1. The van der Waals surface area contributed by atoms with Crippen LogP contribution in [0.4, 0.5) is 5.13 Å². The molecule has 0 aliphatic carbocycles. The Bertz CT molecular complexity index is 1090. The molecule has 3 heterocycles. The summed E-state index contributed by atoms with van der Waals surface area (Å²) in [5.41, 5.74) is 1.87. The molecule has 9 heteroatoms. The second-order valence-electron chi connectivity index (χ2n) is 6.18. The van der Waals surface area contributed by atoms with Crippen molar-refractivity contribution in [2.45, 2.75) is 30.8 Å². The molecule has 0 spiro atoms. The number of carbonyl (C=O) groups is 1. The van der Waals surface area contributed by atoms with Gasteiger partial charge in [-0.1, -0.05) is 42.1 Å². The fourth-order valence-corrected chi connectivity index (χ4v) is 4.38. The van der Waals surface area contributed by atoms with Gasteiger partial charge in [-0.25, -0.2) is 4.98 Å². The van der Waals surface area contributed by atoms with E-state index in [1.54, 1.807) is 6.26 Å². The minimum absolute atomic E-state index is 0.130. The van der Waals surface area contributed by atoms with Crippen LogP contribution in [0.3, 0.4) is 0 Å². The average molecular weight is 426 g/mol. The fraction of sp³-hybridized carbons (Fsp3) is 0.200. The van der Waals surface area contributed by atoms with Gasteiger partial charge in [0.25, 0.3) is 0 Å². The highest BCUT2D eigenvalue weighted by Gasteiger charge is 2.22. The van der Waals surface area contributed by atoms with Crippen LogP contribution in [-0.2, 0) is 11.3 Å². The van der Waals surface area contributed by atoms with E-state index in [4.69, 9.17) is 4.42 Å². The summed E-state index contributed by atoms with van der Waals surface area (Å²) in [6, 6.07) is 13.5. The molecule has 7 nitrogen and oxygen atoms in total. The van der Waals surface area contributed by atoms with Gasteiger partial charge in [0.2, 0.25) is 5.91 Å². The van der Waals surface area contributed by atoms with Gasteiger partial charge in [0.05, 0.1) is 17.2 Å². The second kappa shape index (κ2) is 8.62. The minimum Gasteiger partial charge on any atom is -0.461 e. The summed E-state index contributed by atoms with van der Waals surface area (Å²) in [5, 5.41) is 14.2. The normalized spacial score (nSPS) is 12.1. The summed E-state index contributed by atoms with van der Waals surface area (Å²) >= 11 is 2.76. The zero-order valence-electron chi connectivity index (χ0n) is 15.9. The molecule has 1 aromatic carbocycles. The summed E-state index contributed by atoms with van der Waals surface area (Å²) in [6.07, 6.45) is 1.60. The van der Waals surface area contributed by atoms with Crippen LogP contribution in [0.1, 0.15) is 13.8 Å². The molecular weight excluding hydrogens is 406 g/mol. The monoisotopic (exact) mass is 425 g/mol. The quantitative estimate of drug-likeness (QED) is 0.428. The highest BCUT2D eigenvalue weighted by Crippen LogP contribution is 2.29. The Labute approximate surface area is 176 Å². The number of rotatable bonds is 7. The lowest BCUT2D eigenvalue weighted by Crippen LogP contribution is -2.22. The molecule has 3 aromatic heterocycles. The van der Waals surface area contributed by atoms with Crippen molar-refractivity contribution in [3.8, 4) is 22.8 Å². The number of nitrogens with zero attached hydrogens (tertiary/aromatic N) is 4. The molecule has 0 radical (unpaired) electrons. The van der Waals surface area contributed by atoms with E-state index < -0.39 is 0 Å². The maximum absolute atomic E-state index is 12.7. The van der Waals surface area contributed by atoms with Crippen molar-refractivity contribution in [2.24, 2.45) is 0 Å². The topological polar surface area (TPSA) is 85.8 Å². The smallest absolute Gasteiger partial charge is 0.239 e. The maximum Gasteiger partial charge on any atom is 0.239 e. The number of thiazole rings is 1. The predicted octanol–water partition coefficient (Wildman–Crippen LogP) is 4.80. The minimum atomic E-state index is -0.363. The van der Waals surface area contributed by atoms with E-state index in [0.717, 1.165) is 11.3 Å². The van der Waals surface area contributed by atoms with E-state index in [9.17, 15) is 4.79 Å². The second-order valence-corrected chi connectivity index (χ2v) is 8.35. The van der Waals surface area contributed by atoms with Gasteiger partial charge in [-0.05, 0) is 26.0 Å². The summed E-state index contributed by atoms with van der Waals surface area (Å²) in [7, 11) is 0. The summed E-state index contributed by atoms with van der Waals surface area (Å²) in [5.74, 6) is 1.17. The lowest BCUT2D eigenvalue weighted by molar-refractivity contribution is -0.115. The Morgan fingerprint density at radius 2 is 2.07 bits per heavy atom. The standard InChI is InChI=1S/C20H19N5O2S2/c1-3-25-17(16-10-7-11-27-16)23-24-20(25)29-13(2)18(26)22-19-21-15(12-28-19)14-8-5-4-6-9-14/h4-13H,3H2,1-2H3,(H,21,22,26). The van der Waals surface area contributed by atoms with Crippen molar-refractivity contribution in [3.05, 3.63) is 54.1 Å². The Morgan fingerprint density at radius 3 is 2.79 bits per heavy atom. The summed E-state index contributed by atoms with van der Waals surface area (Å²) in [6.45, 7) is 4.52. The molecule has 0 aliphatic heterocycles. The molecule has 0 bridgehead atoms. The average Bonchev–Trinajstić information content (AvgIpc) is 3.49. The number of hydrogen-bond donors (Lipinski definition) is 1. The first-order valence-corrected chi connectivity index (χ1v) is 10.9. The van der Waals surface area contributed by atoms with Gasteiger partial charge in [0.15, 0.2) is 21.9 Å². The van der Waals surface area contributed by atoms with Crippen LogP contribution < -0.4 is 5.32 Å². The molecule has 1 amide bonds. The van der Waals surface area contributed by atoms with Crippen LogP contribution in [0.25, 0.3) is 22.8 Å². The fourth-order valence-electron chi connectivity index (χ4n) is 2.74. The molecule has 1 unspecified atom stereocenters. The summed E-state index contributed by atoms with van der Waals surface area (Å²) < 4.78 is 7.36. The first-order valence-electron chi connectivity index (χ1n) is 9.11. The van der Waals surface area contributed by atoms with Gasteiger partial charge in [-0.3, -0.25) is 9.36 Å². The molecular formula is C20H19N5O2S2. The van der Waals surface area contributed by atoms with E-state index in [0.29, 0.717) is 28.4 Å². The molecule has 4 rings (SSSR count). The van der Waals surface area contributed by atoms with Crippen LogP contribution >= 0.6 is 23.1 Å². The van der Waals surface area contributed by atoms with E-state index in [-0.39, 0.29) is 11.2 Å². The number of nitrogens with one attached hydrogen (secondary N) is 1. The first-order chi connectivity index (χ1) is 14.2. The van der Waals surface area contributed by atoms with Crippen LogP contribution in [-0.4, -0.2) is 30.9 Å². The number of hydrogen-bond acceptors (Lipinski definition) is 7. The molecule has 0 aliphatic rings. The number of thioether (sulfide) groups is 1. The van der Waals surface area contributed by atoms with E-state index >= 15 is 0 Å². The number of aromatic nitrogens is 4. The van der Waals surface area contributed by atoms with Gasteiger partial charge in [-0.2, -0.15) is 0 Å². The molecule has 1 atom stereocenters. The molecule has 0 fully saturated rings. The van der Waals surface area contributed by atoms with Crippen molar-refractivity contribution in [2.75, 3.05) is 5.32 Å². The Morgan fingerprint density at radius 1 is 1.24 bits per heavy atom. The van der Waals surface area contributed by atoms with Crippen molar-refractivity contribution in [3.63, 3.8) is 0 Å². The van der Waals surface area contributed by atoms with Crippen LogP contribution in [0.2, 0.25) is 0 Å². The van der Waals surface area contributed by atoms with Crippen molar-refractivity contribution in [1.82, 2.24) is 19.7 Å². The van der Waals surface area contributed by atoms with Crippen molar-refractivity contribution in [1.29, 1.82) is 0 Å². The maximum atomic E-state index is 12.7. The third kappa shape index (κ3) is 4.25. The largest absolute Gasteiger partial charge is 0.461 e. The molecule has 0 saturated heterocycles. The van der Waals surface area contributed by atoms with Crippen molar-refractivity contribution >= 4 is 34.1 Å². The number of amides is 1. The third-order valence-electron chi connectivity index (χ3n) is 4.23. The zero-order valence-corrected chi connectivity index (χ0v) is 17.5. The number of carbonyl (C=O) groups excluding carboxylic acids is 1. The van der Waals surface area contributed by atoms with Crippen LogP contribution in [0.5, 0.6) is 0 Å². The number of benzene rings is 1. The lowest BCUT2D eigenvalue weighted by atomic mass is 10.2. The van der Waals surface area contributed by atoms with E-state index in [1.165, 1.54) is 23.1 Å². The lowest BCUT2D eigenvalue weighted by Gasteiger charge is -2.11. The SMILES string of the molecule is CCn1c(SC(C)C(=O)Nc2nc(-c3ccccc3)cs2)nnc1-c1ccco1. The van der Waals surface area contributed by atoms with E-state index in [1.807, 2.05) is 66.3 Å². The first kappa shape index (κ1) is 19.4. The Kier molecular flexibility index (Phi) is 5.77. The molecule has 4 aromatic rings. The van der Waals surface area contributed by atoms with Gasteiger partial charge < -0.3 is 9.73 Å². The summed E-state index contributed by atoms with van der Waals surface area (Å²) in [4.78, 5) is 17.2. The predicted molar refractivity (Wildman–Crippen MR) is 115 cm³/mol. The van der Waals surface area contributed by atoms with Gasteiger partial charge in [0.1, 0.15) is 0 Å². The molecule has 0 saturated carbocycles. The number of anilines is 1.